The van der Waals surface area contributed by atoms with Gasteiger partial charge in [-0.05, 0) is 22.4 Å². The van der Waals surface area contributed by atoms with Gasteiger partial charge in [-0.2, -0.15) is 0 Å². The summed E-state index contributed by atoms with van der Waals surface area (Å²) in [5, 5.41) is 9.36. The molecule has 0 amide bonds. The molecule has 104 valence electrons. The molecule has 0 atom stereocenters. The maximum Gasteiger partial charge on any atom is 0.226 e. The van der Waals surface area contributed by atoms with E-state index in [-0.39, 0.29) is 0 Å². The van der Waals surface area contributed by atoms with E-state index in [9.17, 15) is 5.21 Å². The average Bonchev–Trinajstić information content (AvgIpc) is 2.46. The molecule has 2 aromatic rings. The summed E-state index contributed by atoms with van der Waals surface area (Å²) in [7, 11) is 3.14. The topological polar surface area (TPSA) is 41.7 Å². The van der Waals surface area contributed by atoms with Gasteiger partial charge in [0.15, 0.2) is 18.5 Å². The van der Waals surface area contributed by atoms with Gasteiger partial charge in [-0.25, -0.2) is 0 Å². The molecule has 20 heavy (non-hydrogen) atoms. The molecule has 0 fully saturated rings. The van der Waals surface area contributed by atoms with Crippen molar-refractivity contribution in [1.29, 1.82) is 0 Å². The monoisotopic (exact) mass is 272 g/mol. The van der Waals surface area contributed by atoms with Crippen LogP contribution in [0.2, 0.25) is 0 Å². The van der Waals surface area contributed by atoms with Crippen LogP contribution in [-0.4, -0.2) is 30.3 Å². The van der Waals surface area contributed by atoms with Gasteiger partial charge in [-0.3, -0.25) is 5.21 Å². The second kappa shape index (κ2) is 6.61. The largest absolute Gasteiger partial charge is 0.493 e. The van der Waals surface area contributed by atoms with Crippen LogP contribution in [0.1, 0.15) is 11.1 Å². The third kappa shape index (κ3) is 3.51. The fraction of sp³-hybridized carbons (Fsp3) is 0.188. The van der Waals surface area contributed by atoms with Gasteiger partial charge in [-0.1, -0.05) is 36.4 Å². The first-order chi connectivity index (χ1) is 9.70. The number of benzene rings is 2. The molecule has 0 aliphatic carbocycles. The molecule has 0 aromatic heterocycles. The Morgan fingerprint density at radius 3 is 2.50 bits per heavy atom. The molecule has 0 radical (unpaired) electrons. The molecular weight excluding hydrogens is 254 g/mol. The predicted octanol–water partition coefficient (Wildman–Crippen LogP) is 2.72. The summed E-state index contributed by atoms with van der Waals surface area (Å²) < 4.78 is 12.2. The van der Waals surface area contributed by atoms with Crippen LogP contribution < -0.4 is 9.47 Å². The standard InChI is InChI=1S/C16H18NO3/c1-17(18)11-14-9-6-10-15(19-2)16(14)20-12-13-7-4-3-5-8-13/h3-11,18H,12H2,1-2H3/q+1. The molecule has 2 aromatic carbocycles. The number of hydrogen-bond acceptors (Lipinski definition) is 3. The van der Waals surface area contributed by atoms with Gasteiger partial charge in [0.25, 0.3) is 0 Å². The van der Waals surface area contributed by atoms with Crippen molar-refractivity contribution in [2.45, 2.75) is 6.61 Å². The van der Waals surface area contributed by atoms with Crippen LogP contribution in [0.25, 0.3) is 0 Å². The van der Waals surface area contributed by atoms with E-state index in [0.29, 0.717) is 18.1 Å². The van der Waals surface area contributed by atoms with E-state index >= 15 is 0 Å². The summed E-state index contributed by atoms with van der Waals surface area (Å²) in [6, 6.07) is 15.4. The number of ether oxygens (including phenoxy) is 2. The van der Waals surface area contributed by atoms with Gasteiger partial charge in [0, 0.05) is 0 Å². The van der Waals surface area contributed by atoms with Gasteiger partial charge in [0.2, 0.25) is 6.21 Å². The lowest BCUT2D eigenvalue weighted by molar-refractivity contribution is -0.751. The molecule has 0 spiro atoms. The Kier molecular flexibility index (Phi) is 4.60. The van der Waals surface area contributed by atoms with Gasteiger partial charge < -0.3 is 9.47 Å². The van der Waals surface area contributed by atoms with Crippen molar-refractivity contribution in [3.63, 3.8) is 0 Å². The molecule has 0 heterocycles. The number of para-hydroxylation sites is 1. The van der Waals surface area contributed by atoms with Crippen LogP contribution in [0.4, 0.5) is 0 Å². The molecule has 4 nitrogen and oxygen atoms in total. The van der Waals surface area contributed by atoms with E-state index in [1.54, 1.807) is 20.4 Å². The van der Waals surface area contributed by atoms with Crippen molar-refractivity contribution in [2.75, 3.05) is 14.2 Å². The lowest BCUT2D eigenvalue weighted by Gasteiger charge is -2.12. The lowest BCUT2D eigenvalue weighted by atomic mass is 10.2. The van der Waals surface area contributed by atoms with Crippen LogP contribution in [-0.2, 0) is 6.61 Å². The Balaban J connectivity index is 2.27. The third-order valence-electron chi connectivity index (χ3n) is 2.78. The molecule has 1 N–H and O–H groups in total. The molecule has 0 aliphatic rings. The number of methoxy groups -OCH3 is 1. The van der Waals surface area contributed by atoms with E-state index in [0.717, 1.165) is 15.9 Å². The number of rotatable bonds is 5. The van der Waals surface area contributed by atoms with Crippen LogP contribution in [0, 0.1) is 0 Å². The molecule has 0 aliphatic heterocycles. The molecule has 0 saturated heterocycles. The van der Waals surface area contributed by atoms with Gasteiger partial charge in [0.1, 0.15) is 6.61 Å². The minimum absolute atomic E-state index is 0.442. The Morgan fingerprint density at radius 2 is 1.85 bits per heavy atom. The first-order valence-electron chi connectivity index (χ1n) is 6.31. The number of hydrogen-bond donors (Lipinski definition) is 1. The van der Waals surface area contributed by atoms with E-state index < -0.39 is 0 Å². The van der Waals surface area contributed by atoms with E-state index in [1.807, 2.05) is 48.5 Å². The van der Waals surface area contributed by atoms with Crippen LogP contribution >= 0.6 is 0 Å². The SMILES string of the molecule is COc1cccc(C=[N+](C)O)c1OCc1ccccc1. The maximum absolute atomic E-state index is 9.36. The van der Waals surface area contributed by atoms with Gasteiger partial charge in [-0.15, -0.1) is 0 Å². The molecule has 0 saturated carbocycles. The smallest absolute Gasteiger partial charge is 0.226 e. The van der Waals surface area contributed by atoms with Crippen molar-refractivity contribution in [3.8, 4) is 11.5 Å². The quantitative estimate of drug-likeness (QED) is 0.394. The summed E-state index contributed by atoms with van der Waals surface area (Å²) in [4.78, 5) is 0. The minimum atomic E-state index is 0.442. The lowest BCUT2D eigenvalue weighted by Crippen LogP contribution is -2.05. The predicted molar refractivity (Wildman–Crippen MR) is 76.9 cm³/mol. The Morgan fingerprint density at radius 1 is 1.10 bits per heavy atom. The molecule has 0 unspecified atom stereocenters. The highest BCUT2D eigenvalue weighted by Crippen LogP contribution is 2.30. The zero-order chi connectivity index (χ0) is 14.4. The van der Waals surface area contributed by atoms with Gasteiger partial charge in [0.05, 0.1) is 12.7 Å². The van der Waals surface area contributed by atoms with E-state index in [1.165, 1.54) is 0 Å². The van der Waals surface area contributed by atoms with Crippen molar-refractivity contribution in [1.82, 2.24) is 0 Å². The summed E-state index contributed by atoms with van der Waals surface area (Å²) in [5.41, 5.74) is 1.83. The average molecular weight is 272 g/mol. The normalized spacial score (nSPS) is 11.2. The number of hydroxylamine groups is 1. The first kappa shape index (κ1) is 13.9. The van der Waals surface area contributed by atoms with Crippen molar-refractivity contribution in [2.24, 2.45) is 0 Å². The molecular formula is C16H18NO3+. The van der Waals surface area contributed by atoms with Crippen molar-refractivity contribution < 1.29 is 19.4 Å². The Hall–Kier alpha value is -2.49. The second-order valence-electron chi connectivity index (χ2n) is 4.36. The van der Waals surface area contributed by atoms with E-state index in [2.05, 4.69) is 0 Å². The zero-order valence-electron chi connectivity index (χ0n) is 11.6. The molecule has 2 rings (SSSR count). The highest BCUT2D eigenvalue weighted by molar-refractivity contribution is 5.81. The van der Waals surface area contributed by atoms with Crippen molar-refractivity contribution in [3.05, 3.63) is 59.7 Å². The second-order valence-corrected chi connectivity index (χ2v) is 4.36. The first-order valence-corrected chi connectivity index (χ1v) is 6.31. The summed E-state index contributed by atoms with van der Waals surface area (Å²) >= 11 is 0. The van der Waals surface area contributed by atoms with Crippen LogP contribution in [0.3, 0.4) is 0 Å². The fourth-order valence-electron chi connectivity index (χ4n) is 1.88. The highest BCUT2D eigenvalue weighted by Gasteiger charge is 2.12. The van der Waals surface area contributed by atoms with E-state index in [4.69, 9.17) is 9.47 Å². The van der Waals surface area contributed by atoms with Gasteiger partial charge >= 0.3 is 0 Å². The Bertz CT molecular complexity index is 590. The molecule has 4 heteroatoms. The van der Waals surface area contributed by atoms with Crippen LogP contribution in [0.5, 0.6) is 11.5 Å². The zero-order valence-corrected chi connectivity index (χ0v) is 11.6. The van der Waals surface area contributed by atoms with Crippen molar-refractivity contribution >= 4 is 6.21 Å². The maximum atomic E-state index is 9.36. The summed E-state index contributed by atoms with van der Waals surface area (Å²) in [6.07, 6.45) is 1.57. The van der Waals surface area contributed by atoms with Crippen LogP contribution in [0.15, 0.2) is 48.5 Å². The molecule has 0 bridgehead atoms. The number of nitrogens with zero attached hydrogens (tertiary/aromatic N) is 1. The highest BCUT2D eigenvalue weighted by atomic mass is 16.5. The fourth-order valence-corrected chi connectivity index (χ4v) is 1.88. The summed E-state index contributed by atoms with van der Waals surface area (Å²) in [5.74, 6) is 1.25. The minimum Gasteiger partial charge on any atom is -0.493 e. The summed E-state index contributed by atoms with van der Waals surface area (Å²) in [6.45, 7) is 0.442. The Labute approximate surface area is 118 Å². The third-order valence-corrected chi connectivity index (χ3v) is 2.78.